The second kappa shape index (κ2) is 3.94. The highest BCUT2D eigenvalue weighted by Gasteiger charge is 2.16. The smallest absolute Gasteiger partial charge is 0.0218 e. The minimum atomic E-state index is 0.728. The first-order chi connectivity index (χ1) is 4.84. The quantitative estimate of drug-likeness (QED) is 0.602. The Morgan fingerprint density at radius 1 is 1.70 bits per heavy atom. The molecule has 0 aromatic rings. The lowest BCUT2D eigenvalue weighted by Gasteiger charge is -2.32. The normalized spacial score (nSPS) is 28.8. The third kappa shape index (κ3) is 1.96. The highest BCUT2D eigenvalue weighted by Crippen LogP contribution is 2.05. The number of rotatable bonds is 2. The van der Waals surface area contributed by atoms with E-state index in [0.717, 1.165) is 25.6 Å². The molecule has 1 radical (unpaired) electrons. The van der Waals surface area contributed by atoms with E-state index in [0.29, 0.717) is 0 Å². The van der Waals surface area contributed by atoms with E-state index in [1.54, 1.807) is 0 Å². The fraction of sp³-hybridized carbons (Fsp3) is 0.875. The van der Waals surface area contributed by atoms with E-state index >= 15 is 0 Å². The van der Waals surface area contributed by atoms with E-state index in [-0.39, 0.29) is 0 Å². The minimum Gasteiger partial charge on any atom is -0.314 e. The number of hydrogen-bond acceptors (Lipinski definition) is 2. The van der Waals surface area contributed by atoms with Crippen LogP contribution in [-0.4, -0.2) is 37.6 Å². The van der Waals surface area contributed by atoms with E-state index in [4.69, 9.17) is 0 Å². The molecule has 1 saturated heterocycles. The van der Waals surface area contributed by atoms with Crippen LogP contribution in [0.3, 0.4) is 0 Å². The van der Waals surface area contributed by atoms with Crippen molar-refractivity contribution in [1.82, 2.24) is 10.2 Å². The zero-order valence-corrected chi connectivity index (χ0v) is 6.77. The molecule has 2 heteroatoms. The summed E-state index contributed by atoms with van der Waals surface area (Å²) in [6.07, 6.45) is 2.28. The summed E-state index contributed by atoms with van der Waals surface area (Å²) >= 11 is 0. The topological polar surface area (TPSA) is 15.3 Å². The van der Waals surface area contributed by atoms with Crippen LogP contribution in [0.4, 0.5) is 0 Å². The molecule has 1 rings (SSSR count). The van der Waals surface area contributed by atoms with Crippen LogP contribution in [0.25, 0.3) is 0 Å². The maximum Gasteiger partial charge on any atom is 0.0218 e. The van der Waals surface area contributed by atoms with Crippen LogP contribution in [0.1, 0.15) is 12.8 Å². The van der Waals surface area contributed by atoms with Crippen LogP contribution < -0.4 is 5.32 Å². The zero-order valence-electron chi connectivity index (χ0n) is 6.77. The lowest BCUT2D eigenvalue weighted by molar-refractivity contribution is 0.191. The van der Waals surface area contributed by atoms with Gasteiger partial charge in [0.1, 0.15) is 0 Å². The van der Waals surface area contributed by atoms with Crippen molar-refractivity contribution < 1.29 is 0 Å². The van der Waals surface area contributed by atoms with Crippen molar-refractivity contribution in [3.05, 3.63) is 6.92 Å². The first kappa shape index (κ1) is 8.02. The Hall–Kier alpha value is -0.0800. The molecule has 0 bridgehead atoms. The van der Waals surface area contributed by atoms with Gasteiger partial charge in [-0.05, 0) is 13.5 Å². The van der Waals surface area contributed by atoms with Gasteiger partial charge in [0.2, 0.25) is 0 Å². The Bertz CT molecular complexity index is 91.3. The molecule has 0 saturated carbocycles. The second-order valence-electron chi connectivity index (χ2n) is 2.98. The van der Waals surface area contributed by atoms with Gasteiger partial charge in [0.25, 0.3) is 0 Å². The van der Waals surface area contributed by atoms with Gasteiger partial charge in [-0.15, -0.1) is 0 Å². The van der Waals surface area contributed by atoms with E-state index < -0.39 is 0 Å². The van der Waals surface area contributed by atoms with Crippen LogP contribution in [0.5, 0.6) is 0 Å². The van der Waals surface area contributed by atoms with Crippen molar-refractivity contribution >= 4 is 0 Å². The van der Waals surface area contributed by atoms with Gasteiger partial charge in [-0.25, -0.2) is 0 Å². The van der Waals surface area contributed by atoms with Gasteiger partial charge < -0.3 is 10.2 Å². The number of nitrogens with zero attached hydrogens (tertiary/aromatic N) is 1. The van der Waals surface area contributed by atoms with Crippen molar-refractivity contribution in [2.75, 3.05) is 26.7 Å². The lowest BCUT2D eigenvalue weighted by Crippen LogP contribution is -2.49. The number of piperazine rings is 1. The van der Waals surface area contributed by atoms with Crippen LogP contribution >= 0.6 is 0 Å². The molecule has 59 valence electrons. The maximum absolute atomic E-state index is 3.86. The Morgan fingerprint density at radius 3 is 3.10 bits per heavy atom. The molecule has 0 aromatic carbocycles. The Kier molecular flexibility index (Phi) is 3.16. The SMILES string of the molecule is [CH2]CCC1CNCCN1C. The van der Waals surface area contributed by atoms with Crippen LogP contribution in [0.15, 0.2) is 0 Å². The first-order valence-electron chi connectivity index (χ1n) is 4.05. The summed E-state index contributed by atoms with van der Waals surface area (Å²) in [6, 6.07) is 0.728. The summed E-state index contributed by atoms with van der Waals surface area (Å²) in [6.45, 7) is 7.33. The molecule has 10 heavy (non-hydrogen) atoms. The van der Waals surface area contributed by atoms with Crippen LogP contribution in [0.2, 0.25) is 0 Å². The first-order valence-corrected chi connectivity index (χ1v) is 4.05. The summed E-state index contributed by atoms with van der Waals surface area (Å²) in [5, 5.41) is 3.38. The summed E-state index contributed by atoms with van der Waals surface area (Å²) in [5.74, 6) is 0. The Labute approximate surface area is 63.6 Å². The third-order valence-corrected chi connectivity index (χ3v) is 2.18. The molecular weight excluding hydrogens is 124 g/mol. The predicted octanol–water partition coefficient (Wildman–Crippen LogP) is 0.504. The van der Waals surface area contributed by atoms with Gasteiger partial charge >= 0.3 is 0 Å². The van der Waals surface area contributed by atoms with Gasteiger partial charge in [-0.3, -0.25) is 0 Å². The van der Waals surface area contributed by atoms with Gasteiger partial charge in [0.15, 0.2) is 0 Å². The van der Waals surface area contributed by atoms with Gasteiger partial charge in [0.05, 0.1) is 0 Å². The molecule has 2 nitrogen and oxygen atoms in total. The molecule has 0 aromatic heterocycles. The van der Waals surface area contributed by atoms with E-state index in [1.165, 1.54) is 13.0 Å². The number of likely N-dealkylation sites (N-methyl/N-ethyl adjacent to an activating group) is 1. The predicted molar refractivity (Wildman–Crippen MR) is 43.9 cm³/mol. The fourth-order valence-electron chi connectivity index (χ4n) is 1.42. The maximum atomic E-state index is 3.86. The standard InChI is InChI=1S/C8H17N2/c1-3-4-8-7-9-5-6-10(8)2/h8-9H,1,3-7H2,2H3. The molecule has 1 fully saturated rings. The fourth-order valence-corrected chi connectivity index (χ4v) is 1.42. The van der Waals surface area contributed by atoms with E-state index in [2.05, 4.69) is 24.2 Å². The molecule has 1 aliphatic heterocycles. The van der Waals surface area contributed by atoms with Gasteiger partial charge in [0, 0.05) is 25.7 Å². The lowest BCUT2D eigenvalue weighted by atomic mass is 10.1. The second-order valence-corrected chi connectivity index (χ2v) is 2.98. The Morgan fingerprint density at radius 2 is 2.50 bits per heavy atom. The molecule has 0 spiro atoms. The minimum absolute atomic E-state index is 0.728. The monoisotopic (exact) mass is 141 g/mol. The molecule has 1 heterocycles. The van der Waals surface area contributed by atoms with Crippen molar-refractivity contribution in [2.24, 2.45) is 0 Å². The number of nitrogens with one attached hydrogen (secondary N) is 1. The Balaban J connectivity index is 2.25. The summed E-state index contributed by atoms with van der Waals surface area (Å²) in [4.78, 5) is 2.42. The molecule has 1 unspecified atom stereocenters. The van der Waals surface area contributed by atoms with Crippen LogP contribution in [-0.2, 0) is 0 Å². The van der Waals surface area contributed by atoms with Crippen molar-refractivity contribution in [2.45, 2.75) is 18.9 Å². The van der Waals surface area contributed by atoms with Crippen molar-refractivity contribution in [3.8, 4) is 0 Å². The van der Waals surface area contributed by atoms with Crippen molar-refractivity contribution in [1.29, 1.82) is 0 Å². The number of hydrogen-bond donors (Lipinski definition) is 1. The average Bonchev–Trinajstić information content (AvgIpc) is 1.94. The largest absolute Gasteiger partial charge is 0.314 e. The molecule has 0 amide bonds. The average molecular weight is 141 g/mol. The summed E-state index contributed by atoms with van der Waals surface area (Å²) in [7, 11) is 2.20. The summed E-state index contributed by atoms with van der Waals surface area (Å²) in [5.41, 5.74) is 0. The third-order valence-electron chi connectivity index (χ3n) is 2.18. The highest BCUT2D eigenvalue weighted by molar-refractivity contribution is 4.76. The zero-order chi connectivity index (χ0) is 7.40. The van der Waals surface area contributed by atoms with E-state index in [9.17, 15) is 0 Å². The molecule has 1 atom stereocenters. The van der Waals surface area contributed by atoms with E-state index in [1.807, 2.05) is 0 Å². The molecule has 0 aliphatic carbocycles. The summed E-state index contributed by atoms with van der Waals surface area (Å²) < 4.78 is 0. The van der Waals surface area contributed by atoms with Crippen LogP contribution in [0, 0.1) is 6.92 Å². The van der Waals surface area contributed by atoms with Gasteiger partial charge in [-0.2, -0.15) is 0 Å². The molecule has 1 N–H and O–H groups in total. The van der Waals surface area contributed by atoms with Crippen molar-refractivity contribution in [3.63, 3.8) is 0 Å². The molecule has 1 aliphatic rings. The molecular formula is C8H17N2. The highest BCUT2D eigenvalue weighted by atomic mass is 15.2. The van der Waals surface area contributed by atoms with Gasteiger partial charge in [-0.1, -0.05) is 13.3 Å².